The molecule has 1 amide bonds. The molecule has 1 fully saturated rings. The average Bonchev–Trinajstić information content (AvgIpc) is 2.55. The number of aromatic amines is 1. The van der Waals surface area contributed by atoms with E-state index in [2.05, 4.69) is 4.98 Å². The van der Waals surface area contributed by atoms with E-state index in [1.807, 2.05) is 0 Å². The van der Waals surface area contributed by atoms with Gasteiger partial charge in [0, 0.05) is 33.3 Å². The predicted octanol–water partition coefficient (Wildman–Crippen LogP) is 0.200. The molecule has 2 rings (SSSR count). The number of nitrogens with zero attached hydrogens (tertiary/aromatic N) is 3. The molecule has 8 heteroatoms. The number of likely N-dealkylation sites (N-methyl/N-ethyl adjacent to an activating group) is 2. The van der Waals surface area contributed by atoms with E-state index in [-0.39, 0.29) is 17.3 Å². The maximum Gasteiger partial charge on any atom is 0.274 e. The fourth-order valence-electron chi connectivity index (χ4n) is 2.48. The predicted molar refractivity (Wildman–Crippen MR) is 87.6 cm³/mol. The van der Waals surface area contributed by atoms with Crippen LogP contribution in [0.15, 0.2) is 23.2 Å². The quantitative estimate of drug-likeness (QED) is 0.767. The molecule has 1 aliphatic heterocycles. The second-order valence-corrected chi connectivity index (χ2v) is 7.96. The zero-order valence-corrected chi connectivity index (χ0v) is 14.8. The highest BCUT2D eigenvalue weighted by Crippen LogP contribution is 2.20. The normalized spacial score (nSPS) is 16.1. The highest BCUT2D eigenvalue weighted by molar-refractivity contribution is 7.89. The number of amides is 1. The number of carbonyl (C=O) groups is 1. The topological polar surface area (TPSA) is 75.1 Å². The summed E-state index contributed by atoms with van der Waals surface area (Å²) in [7, 11) is 1.76. The van der Waals surface area contributed by atoms with Gasteiger partial charge in [-0.1, -0.05) is 6.42 Å². The van der Waals surface area contributed by atoms with E-state index in [9.17, 15) is 13.2 Å². The summed E-state index contributed by atoms with van der Waals surface area (Å²) >= 11 is 0. The number of aromatic nitrogens is 1. The van der Waals surface area contributed by atoms with Gasteiger partial charge in [-0.2, -0.15) is 4.31 Å². The van der Waals surface area contributed by atoms with Crippen LogP contribution in [0.25, 0.3) is 0 Å². The first-order valence-electron chi connectivity index (χ1n) is 7.75. The molecule has 23 heavy (non-hydrogen) atoms. The molecule has 0 aliphatic carbocycles. The zero-order valence-electron chi connectivity index (χ0n) is 13.9. The zero-order chi connectivity index (χ0) is 17.0. The lowest BCUT2D eigenvalue weighted by atomic mass is 10.2. The Bertz CT molecular complexity index is 637. The van der Waals surface area contributed by atoms with Crippen LogP contribution in [-0.2, 0) is 14.8 Å². The Morgan fingerprint density at radius 1 is 1.17 bits per heavy atom. The van der Waals surface area contributed by atoms with Crippen LogP contribution >= 0.6 is 0 Å². The van der Waals surface area contributed by atoms with Gasteiger partial charge < -0.3 is 4.90 Å². The van der Waals surface area contributed by atoms with Gasteiger partial charge in [0.2, 0.25) is 10.0 Å². The van der Waals surface area contributed by atoms with Gasteiger partial charge in [0.15, 0.2) is 6.54 Å². The molecular formula is C15H25N4O3S+. The van der Waals surface area contributed by atoms with Crippen LogP contribution in [-0.4, -0.2) is 64.3 Å². The van der Waals surface area contributed by atoms with Crippen molar-refractivity contribution in [1.82, 2.24) is 9.21 Å². The number of anilines is 1. The summed E-state index contributed by atoms with van der Waals surface area (Å²) in [6.07, 6.45) is 4.41. The summed E-state index contributed by atoms with van der Waals surface area (Å²) in [5.74, 6) is 0.670. The summed E-state index contributed by atoms with van der Waals surface area (Å²) in [6, 6.07) is 3.28. The molecule has 0 saturated carbocycles. The number of rotatable bonds is 5. The van der Waals surface area contributed by atoms with Gasteiger partial charge in [0.05, 0.1) is 7.05 Å². The Balaban J connectivity index is 2.11. The van der Waals surface area contributed by atoms with Crippen molar-refractivity contribution < 1.29 is 18.2 Å². The van der Waals surface area contributed by atoms with Crippen LogP contribution in [0.3, 0.4) is 0 Å². The third kappa shape index (κ3) is 4.20. The van der Waals surface area contributed by atoms with Gasteiger partial charge in [-0.05, 0) is 18.9 Å². The SMILES string of the molecule is CN(C)C(=O)CN(C)c1ccc(S(=O)(=O)N2CCCCC2)c[nH+]1. The summed E-state index contributed by atoms with van der Waals surface area (Å²) < 4.78 is 26.7. The van der Waals surface area contributed by atoms with Crippen LogP contribution in [0.5, 0.6) is 0 Å². The first-order chi connectivity index (χ1) is 10.8. The van der Waals surface area contributed by atoms with Gasteiger partial charge in [0.1, 0.15) is 11.1 Å². The van der Waals surface area contributed by atoms with Gasteiger partial charge in [0.25, 0.3) is 11.7 Å². The van der Waals surface area contributed by atoms with Crippen LogP contribution < -0.4 is 9.88 Å². The number of hydrogen-bond donors (Lipinski definition) is 0. The van der Waals surface area contributed by atoms with Crippen LogP contribution in [0, 0.1) is 0 Å². The summed E-state index contributed by atoms with van der Waals surface area (Å²) in [5, 5.41) is 0. The molecule has 1 N–H and O–H groups in total. The highest BCUT2D eigenvalue weighted by Gasteiger charge is 2.27. The minimum absolute atomic E-state index is 0.0223. The van der Waals surface area contributed by atoms with Crippen LogP contribution in [0.4, 0.5) is 5.82 Å². The molecule has 0 radical (unpaired) electrons. The fourth-order valence-corrected chi connectivity index (χ4v) is 3.97. The molecule has 0 unspecified atom stereocenters. The fraction of sp³-hybridized carbons (Fsp3) is 0.600. The number of pyridine rings is 1. The molecule has 2 heterocycles. The largest absolute Gasteiger partial charge is 0.345 e. The van der Waals surface area contributed by atoms with Crippen molar-refractivity contribution >= 4 is 21.7 Å². The van der Waals surface area contributed by atoms with Gasteiger partial charge >= 0.3 is 0 Å². The summed E-state index contributed by atoms with van der Waals surface area (Å²) in [4.78, 5) is 18.2. The second kappa shape index (κ2) is 7.27. The molecule has 0 atom stereocenters. The van der Waals surface area contributed by atoms with E-state index < -0.39 is 10.0 Å². The molecule has 1 aliphatic rings. The van der Waals surface area contributed by atoms with Crippen molar-refractivity contribution in [2.75, 3.05) is 45.7 Å². The monoisotopic (exact) mass is 341 g/mol. The molecule has 128 valence electrons. The number of H-pyrrole nitrogens is 1. The van der Waals surface area contributed by atoms with Crippen molar-refractivity contribution in [3.8, 4) is 0 Å². The second-order valence-electron chi connectivity index (χ2n) is 6.02. The van der Waals surface area contributed by atoms with Gasteiger partial charge in [-0.25, -0.2) is 13.4 Å². The summed E-state index contributed by atoms with van der Waals surface area (Å²) in [5.41, 5.74) is 0. The first kappa shape index (κ1) is 17.7. The van der Waals surface area contributed by atoms with E-state index in [0.29, 0.717) is 18.9 Å². The molecule has 7 nitrogen and oxygen atoms in total. The standard InChI is InChI=1S/C15H24N4O3S/c1-17(2)15(20)12-18(3)14-8-7-13(11-16-14)23(21,22)19-9-5-4-6-10-19/h7-8,11H,4-6,9-10,12H2,1-3H3/p+1. The van der Waals surface area contributed by atoms with Crippen LogP contribution in [0.2, 0.25) is 0 Å². The van der Waals surface area contributed by atoms with Gasteiger partial charge in [-0.3, -0.25) is 9.69 Å². The Hall–Kier alpha value is -1.67. The van der Waals surface area contributed by atoms with E-state index in [1.165, 1.54) is 11.1 Å². The van der Waals surface area contributed by atoms with E-state index in [1.54, 1.807) is 42.5 Å². The van der Waals surface area contributed by atoms with Crippen molar-refractivity contribution in [3.05, 3.63) is 18.3 Å². The molecule has 1 aromatic heterocycles. The minimum atomic E-state index is -3.43. The number of hydrogen-bond acceptors (Lipinski definition) is 4. The van der Waals surface area contributed by atoms with Crippen molar-refractivity contribution in [2.45, 2.75) is 24.2 Å². The van der Waals surface area contributed by atoms with E-state index in [4.69, 9.17) is 0 Å². The average molecular weight is 341 g/mol. The Labute approximate surface area is 137 Å². The number of carbonyl (C=O) groups excluding carboxylic acids is 1. The highest BCUT2D eigenvalue weighted by atomic mass is 32.2. The first-order valence-corrected chi connectivity index (χ1v) is 9.19. The third-order valence-corrected chi connectivity index (χ3v) is 5.90. The molecule has 1 aromatic rings. The third-order valence-electron chi connectivity index (χ3n) is 4.00. The van der Waals surface area contributed by atoms with Crippen molar-refractivity contribution in [3.63, 3.8) is 0 Å². The van der Waals surface area contributed by atoms with Crippen molar-refractivity contribution in [2.24, 2.45) is 0 Å². The Morgan fingerprint density at radius 3 is 2.35 bits per heavy atom. The van der Waals surface area contributed by atoms with E-state index in [0.717, 1.165) is 19.3 Å². The van der Waals surface area contributed by atoms with Crippen molar-refractivity contribution in [1.29, 1.82) is 0 Å². The Morgan fingerprint density at radius 2 is 1.83 bits per heavy atom. The van der Waals surface area contributed by atoms with Crippen LogP contribution in [0.1, 0.15) is 19.3 Å². The lowest BCUT2D eigenvalue weighted by Crippen LogP contribution is -2.38. The summed E-state index contributed by atoms with van der Waals surface area (Å²) in [6.45, 7) is 1.39. The number of nitrogens with one attached hydrogen (secondary N) is 1. The smallest absolute Gasteiger partial charge is 0.274 e. The van der Waals surface area contributed by atoms with Gasteiger partial charge in [-0.15, -0.1) is 0 Å². The lowest BCUT2D eigenvalue weighted by Gasteiger charge is -2.25. The minimum Gasteiger partial charge on any atom is -0.345 e. The van der Waals surface area contributed by atoms with E-state index >= 15 is 0 Å². The molecule has 0 aromatic carbocycles. The number of piperidine rings is 1. The number of sulfonamides is 1. The molecule has 0 bridgehead atoms. The lowest BCUT2D eigenvalue weighted by molar-refractivity contribution is -0.366. The maximum absolute atomic E-state index is 12.6. The molecular weight excluding hydrogens is 316 g/mol. The maximum atomic E-state index is 12.6. The Kier molecular flexibility index (Phi) is 5.59. The molecule has 1 saturated heterocycles. The molecule has 0 spiro atoms.